The average molecular weight is 242 g/mol. The number of nitrogens with one attached hydrogen (secondary N) is 2. The van der Waals surface area contributed by atoms with Crippen molar-refractivity contribution < 1.29 is 4.79 Å². The Morgan fingerprint density at radius 3 is 2.47 bits per heavy atom. The van der Waals surface area contributed by atoms with Gasteiger partial charge in [0.05, 0.1) is 0 Å². The standard InChI is InChI=1S/C14H30N2O/c1-5-6-7-10-14(2,3)12-16-13(17)9-8-11-15-4/h15H,5-12H2,1-4H3,(H,16,17). The van der Waals surface area contributed by atoms with E-state index in [0.717, 1.165) is 19.5 Å². The van der Waals surface area contributed by atoms with Crippen LogP contribution < -0.4 is 10.6 Å². The van der Waals surface area contributed by atoms with E-state index in [2.05, 4.69) is 31.4 Å². The lowest BCUT2D eigenvalue weighted by atomic mass is 9.87. The van der Waals surface area contributed by atoms with E-state index in [-0.39, 0.29) is 11.3 Å². The van der Waals surface area contributed by atoms with Gasteiger partial charge in [-0.05, 0) is 31.8 Å². The minimum Gasteiger partial charge on any atom is -0.356 e. The summed E-state index contributed by atoms with van der Waals surface area (Å²) in [5, 5.41) is 6.09. The third kappa shape index (κ3) is 10.3. The van der Waals surface area contributed by atoms with E-state index < -0.39 is 0 Å². The zero-order valence-electron chi connectivity index (χ0n) is 12.1. The molecule has 0 saturated heterocycles. The van der Waals surface area contributed by atoms with Crippen LogP contribution >= 0.6 is 0 Å². The fourth-order valence-corrected chi connectivity index (χ4v) is 1.79. The highest BCUT2D eigenvalue weighted by molar-refractivity contribution is 5.75. The van der Waals surface area contributed by atoms with Crippen LogP contribution in [0.2, 0.25) is 0 Å². The molecule has 0 fully saturated rings. The van der Waals surface area contributed by atoms with Crippen LogP contribution in [0.4, 0.5) is 0 Å². The lowest BCUT2D eigenvalue weighted by Crippen LogP contribution is -2.34. The second-order valence-corrected chi connectivity index (χ2v) is 5.61. The highest BCUT2D eigenvalue weighted by Crippen LogP contribution is 2.22. The van der Waals surface area contributed by atoms with Crippen LogP contribution in [0.15, 0.2) is 0 Å². The predicted octanol–water partition coefficient (Wildman–Crippen LogP) is 2.71. The lowest BCUT2D eigenvalue weighted by molar-refractivity contribution is -0.121. The van der Waals surface area contributed by atoms with Crippen molar-refractivity contribution >= 4 is 5.91 Å². The maximum atomic E-state index is 11.6. The first-order valence-electron chi connectivity index (χ1n) is 6.93. The number of unbranched alkanes of at least 4 members (excludes halogenated alkanes) is 2. The van der Waals surface area contributed by atoms with Gasteiger partial charge in [0.1, 0.15) is 0 Å². The minimum absolute atomic E-state index is 0.184. The smallest absolute Gasteiger partial charge is 0.220 e. The Bertz CT molecular complexity index is 202. The molecule has 3 heteroatoms. The summed E-state index contributed by atoms with van der Waals surface area (Å²) in [6.07, 6.45) is 6.55. The summed E-state index contributed by atoms with van der Waals surface area (Å²) in [6.45, 7) is 8.39. The number of carbonyl (C=O) groups is 1. The minimum atomic E-state index is 0.184. The first-order valence-corrected chi connectivity index (χ1v) is 6.93. The molecule has 0 radical (unpaired) electrons. The van der Waals surface area contributed by atoms with Crippen LogP contribution in [0.1, 0.15) is 59.3 Å². The largest absolute Gasteiger partial charge is 0.356 e. The normalized spacial score (nSPS) is 11.5. The number of carbonyl (C=O) groups excluding carboxylic acids is 1. The molecule has 0 spiro atoms. The third-order valence-electron chi connectivity index (χ3n) is 3.05. The fourth-order valence-electron chi connectivity index (χ4n) is 1.79. The Hall–Kier alpha value is -0.570. The van der Waals surface area contributed by atoms with Crippen LogP contribution in [0.5, 0.6) is 0 Å². The van der Waals surface area contributed by atoms with Crippen LogP contribution in [-0.2, 0) is 4.79 Å². The summed E-state index contributed by atoms with van der Waals surface area (Å²) in [4.78, 5) is 11.6. The SMILES string of the molecule is CCCCCC(C)(C)CNC(=O)CCCNC. The number of hydrogen-bond acceptors (Lipinski definition) is 2. The van der Waals surface area contributed by atoms with E-state index in [1.54, 1.807) is 0 Å². The van der Waals surface area contributed by atoms with Crippen molar-refractivity contribution in [3.8, 4) is 0 Å². The molecule has 17 heavy (non-hydrogen) atoms. The molecule has 0 aromatic carbocycles. The third-order valence-corrected chi connectivity index (χ3v) is 3.05. The summed E-state index contributed by atoms with van der Waals surface area (Å²) < 4.78 is 0. The molecule has 0 heterocycles. The molecule has 102 valence electrons. The van der Waals surface area contributed by atoms with Crippen LogP contribution in [0.25, 0.3) is 0 Å². The predicted molar refractivity (Wildman–Crippen MR) is 74.1 cm³/mol. The maximum Gasteiger partial charge on any atom is 0.220 e. The van der Waals surface area contributed by atoms with E-state index in [0.29, 0.717) is 6.42 Å². The van der Waals surface area contributed by atoms with Crippen molar-refractivity contribution in [3.63, 3.8) is 0 Å². The van der Waals surface area contributed by atoms with E-state index in [1.807, 2.05) is 7.05 Å². The molecule has 2 N–H and O–H groups in total. The number of rotatable bonds is 10. The van der Waals surface area contributed by atoms with Gasteiger partial charge in [-0.1, -0.05) is 40.0 Å². The van der Waals surface area contributed by atoms with Crippen molar-refractivity contribution in [2.75, 3.05) is 20.1 Å². The zero-order chi connectivity index (χ0) is 13.1. The van der Waals surface area contributed by atoms with Gasteiger partial charge in [0.15, 0.2) is 0 Å². The zero-order valence-corrected chi connectivity index (χ0v) is 12.1. The van der Waals surface area contributed by atoms with Gasteiger partial charge in [0.25, 0.3) is 0 Å². The molecular weight excluding hydrogens is 212 g/mol. The maximum absolute atomic E-state index is 11.6. The van der Waals surface area contributed by atoms with Crippen molar-refractivity contribution in [1.29, 1.82) is 0 Å². The molecule has 0 saturated carbocycles. The van der Waals surface area contributed by atoms with E-state index in [1.165, 1.54) is 25.7 Å². The van der Waals surface area contributed by atoms with E-state index >= 15 is 0 Å². The molecule has 3 nitrogen and oxygen atoms in total. The summed E-state index contributed by atoms with van der Waals surface area (Å²) in [5.41, 5.74) is 0.230. The van der Waals surface area contributed by atoms with Gasteiger partial charge < -0.3 is 10.6 Å². The van der Waals surface area contributed by atoms with Crippen molar-refractivity contribution in [3.05, 3.63) is 0 Å². The Balaban J connectivity index is 3.65. The number of amides is 1. The van der Waals surface area contributed by atoms with Crippen molar-refractivity contribution in [1.82, 2.24) is 10.6 Å². The van der Waals surface area contributed by atoms with Crippen LogP contribution in [-0.4, -0.2) is 26.0 Å². The molecule has 1 amide bonds. The monoisotopic (exact) mass is 242 g/mol. The molecule has 0 aliphatic heterocycles. The number of hydrogen-bond donors (Lipinski definition) is 2. The van der Waals surface area contributed by atoms with Crippen molar-refractivity contribution in [2.24, 2.45) is 5.41 Å². The summed E-state index contributed by atoms with van der Waals surface area (Å²) in [6, 6.07) is 0. The van der Waals surface area contributed by atoms with Gasteiger partial charge >= 0.3 is 0 Å². The Morgan fingerprint density at radius 1 is 1.18 bits per heavy atom. The van der Waals surface area contributed by atoms with Gasteiger partial charge in [-0.15, -0.1) is 0 Å². The average Bonchev–Trinajstić information content (AvgIpc) is 2.27. The molecule has 0 aromatic heterocycles. The molecule has 0 aliphatic carbocycles. The second kappa shape index (κ2) is 9.46. The van der Waals surface area contributed by atoms with E-state index in [9.17, 15) is 4.79 Å². The highest BCUT2D eigenvalue weighted by atomic mass is 16.1. The first kappa shape index (κ1) is 16.4. The van der Waals surface area contributed by atoms with Crippen molar-refractivity contribution in [2.45, 2.75) is 59.3 Å². The van der Waals surface area contributed by atoms with Crippen LogP contribution in [0.3, 0.4) is 0 Å². The van der Waals surface area contributed by atoms with Gasteiger partial charge in [-0.2, -0.15) is 0 Å². The molecule has 0 rings (SSSR count). The second-order valence-electron chi connectivity index (χ2n) is 5.61. The molecular formula is C14H30N2O. The van der Waals surface area contributed by atoms with Gasteiger partial charge in [-0.25, -0.2) is 0 Å². The molecule has 0 unspecified atom stereocenters. The lowest BCUT2D eigenvalue weighted by Gasteiger charge is -2.25. The summed E-state index contributed by atoms with van der Waals surface area (Å²) in [5.74, 6) is 0.184. The topological polar surface area (TPSA) is 41.1 Å². The summed E-state index contributed by atoms with van der Waals surface area (Å²) >= 11 is 0. The Labute approximate surface area is 107 Å². The quantitative estimate of drug-likeness (QED) is 0.578. The van der Waals surface area contributed by atoms with E-state index in [4.69, 9.17) is 0 Å². The van der Waals surface area contributed by atoms with Gasteiger partial charge in [-0.3, -0.25) is 4.79 Å². The molecule has 0 bridgehead atoms. The Kier molecular flexibility index (Phi) is 9.14. The molecule has 0 aliphatic rings. The van der Waals surface area contributed by atoms with Gasteiger partial charge in [0.2, 0.25) is 5.91 Å². The fraction of sp³-hybridized carbons (Fsp3) is 0.929. The Morgan fingerprint density at radius 2 is 1.88 bits per heavy atom. The van der Waals surface area contributed by atoms with Crippen LogP contribution in [0, 0.1) is 5.41 Å². The summed E-state index contributed by atoms with van der Waals surface area (Å²) in [7, 11) is 1.91. The first-order chi connectivity index (χ1) is 8.02. The highest BCUT2D eigenvalue weighted by Gasteiger charge is 2.17. The molecule has 0 atom stereocenters. The van der Waals surface area contributed by atoms with Gasteiger partial charge in [0, 0.05) is 13.0 Å². The molecule has 0 aromatic rings.